The summed E-state index contributed by atoms with van der Waals surface area (Å²) in [6.45, 7) is 8.54. The largest absolute Gasteiger partial charge is 0.394 e. The molecule has 1 aliphatic carbocycles. The SMILES string of the molecule is C=C(C)[C@@H]1CC2OC(O)[C@]34OC5OC[C@H](O)C51C23CC(CO)OC[C@H]4C. The minimum atomic E-state index is -1.12. The van der Waals surface area contributed by atoms with Gasteiger partial charge < -0.3 is 34.3 Å². The molecule has 4 aliphatic heterocycles. The summed E-state index contributed by atoms with van der Waals surface area (Å²) >= 11 is 0. The Balaban J connectivity index is 1.80. The second kappa shape index (κ2) is 5.29. The maximum atomic E-state index is 11.2. The van der Waals surface area contributed by atoms with Gasteiger partial charge in [-0.05, 0) is 25.7 Å². The van der Waals surface area contributed by atoms with Crippen LogP contribution in [0.4, 0.5) is 0 Å². The number of aliphatic hydroxyl groups is 3. The van der Waals surface area contributed by atoms with E-state index in [2.05, 4.69) is 6.58 Å². The quantitative estimate of drug-likeness (QED) is 0.598. The van der Waals surface area contributed by atoms with Crippen LogP contribution >= 0.6 is 0 Å². The second-order valence-corrected chi connectivity index (χ2v) is 8.85. The van der Waals surface area contributed by atoms with Crippen molar-refractivity contribution in [3.05, 3.63) is 12.2 Å². The van der Waals surface area contributed by atoms with Crippen LogP contribution in [0.3, 0.4) is 0 Å². The van der Waals surface area contributed by atoms with Gasteiger partial charge in [-0.1, -0.05) is 19.1 Å². The van der Waals surface area contributed by atoms with E-state index < -0.39 is 41.2 Å². The highest BCUT2D eigenvalue weighted by atomic mass is 16.7. The van der Waals surface area contributed by atoms with E-state index >= 15 is 0 Å². The molecule has 1 saturated carbocycles. The van der Waals surface area contributed by atoms with Gasteiger partial charge in [-0.15, -0.1) is 0 Å². The lowest BCUT2D eigenvalue weighted by atomic mass is 9.51. The summed E-state index contributed by atoms with van der Waals surface area (Å²) in [7, 11) is 0. The number of ether oxygens (including phenoxy) is 4. The van der Waals surface area contributed by atoms with Crippen molar-refractivity contribution >= 4 is 0 Å². The zero-order valence-electron chi connectivity index (χ0n) is 15.3. The van der Waals surface area contributed by atoms with E-state index in [9.17, 15) is 15.3 Å². The summed E-state index contributed by atoms with van der Waals surface area (Å²) in [5, 5.41) is 32.1. The van der Waals surface area contributed by atoms with Gasteiger partial charge in [-0.25, -0.2) is 0 Å². The molecule has 26 heavy (non-hydrogen) atoms. The van der Waals surface area contributed by atoms with E-state index in [1.54, 1.807) is 0 Å². The molecule has 0 aromatic rings. The van der Waals surface area contributed by atoms with E-state index in [-0.39, 0.29) is 31.2 Å². The van der Waals surface area contributed by atoms with Crippen LogP contribution in [-0.2, 0) is 18.9 Å². The molecule has 0 amide bonds. The Kier molecular flexibility index (Phi) is 3.57. The predicted molar refractivity (Wildman–Crippen MR) is 88.8 cm³/mol. The van der Waals surface area contributed by atoms with Crippen molar-refractivity contribution in [1.29, 1.82) is 0 Å². The Bertz CT molecular complexity index is 639. The molecule has 4 saturated heterocycles. The van der Waals surface area contributed by atoms with Gasteiger partial charge in [0.1, 0.15) is 5.60 Å². The monoisotopic (exact) mass is 368 g/mol. The number of hydrogen-bond donors (Lipinski definition) is 3. The second-order valence-electron chi connectivity index (χ2n) is 8.85. The number of aliphatic hydroxyl groups excluding tert-OH is 3. The molecule has 6 unspecified atom stereocenters. The molecule has 0 aromatic heterocycles. The summed E-state index contributed by atoms with van der Waals surface area (Å²) in [6, 6.07) is 0. The first-order valence-electron chi connectivity index (χ1n) is 9.55. The van der Waals surface area contributed by atoms with Crippen LogP contribution in [0.5, 0.6) is 0 Å². The van der Waals surface area contributed by atoms with Gasteiger partial charge in [-0.2, -0.15) is 0 Å². The molecule has 4 heterocycles. The van der Waals surface area contributed by atoms with Gasteiger partial charge in [0.05, 0.1) is 43.5 Å². The van der Waals surface area contributed by atoms with Crippen molar-refractivity contribution in [2.24, 2.45) is 22.7 Å². The fourth-order valence-corrected chi connectivity index (χ4v) is 7.24. The van der Waals surface area contributed by atoms with Crippen molar-refractivity contribution in [3.63, 3.8) is 0 Å². The maximum absolute atomic E-state index is 11.2. The van der Waals surface area contributed by atoms with E-state index in [4.69, 9.17) is 18.9 Å². The van der Waals surface area contributed by atoms with E-state index in [1.165, 1.54) is 0 Å². The third-order valence-electron chi connectivity index (χ3n) is 8.02. The Morgan fingerprint density at radius 3 is 2.69 bits per heavy atom. The zero-order chi connectivity index (χ0) is 18.5. The van der Waals surface area contributed by atoms with E-state index in [0.29, 0.717) is 19.4 Å². The fraction of sp³-hybridized carbons (Fsp3) is 0.895. The Morgan fingerprint density at radius 1 is 1.23 bits per heavy atom. The summed E-state index contributed by atoms with van der Waals surface area (Å²) in [4.78, 5) is 0. The molecule has 3 N–H and O–H groups in total. The molecule has 10 atom stereocenters. The summed E-state index contributed by atoms with van der Waals surface area (Å²) in [5.74, 6) is -0.227. The summed E-state index contributed by atoms with van der Waals surface area (Å²) < 4.78 is 24.5. The smallest absolute Gasteiger partial charge is 0.185 e. The molecular weight excluding hydrogens is 340 g/mol. The molecule has 5 rings (SSSR count). The highest BCUT2D eigenvalue weighted by Crippen LogP contribution is 2.80. The molecule has 146 valence electrons. The summed E-state index contributed by atoms with van der Waals surface area (Å²) in [5.41, 5.74) is -1.53. The molecule has 2 spiro atoms. The van der Waals surface area contributed by atoms with Crippen LogP contribution < -0.4 is 0 Å². The first-order valence-corrected chi connectivity index (χ1v) is 9.55. The van der Waals surface area contributed by atoms with Crippen molar-refractivity contribution in [1.82, 2.24) is 0 Å². The highest BCUT2D eigenvalue weighted by Gasteiger charge is 2.90. The lowest BCUT2D eigenvalue weighted by molar-refractivity contribution is -0.255. The highest BCUT2D eigenvalue weighted by molar-refractivity contribution is 5.35. The van der Waals surface area contributed by atoms with Crippen LogP contribution in [0.2, 0.25) is 0 Å². The molecule has 0 bridgehead atoms. The average molecular weight is 368 g/mol. The molecular formula is C19H28O7. The van der Waals surface area contributed by atoms with Gasteiger partial charge in [-0.3, -0.25) is 0 Å². The maximum Gasteiger partial charge on any atom is 0.185 e. The van der Waals surface area contributed by atoms with Crippen molar-refractivity contribution in [2.45, 2.75) is 63.2 Å². The average Bonchev–Trinajstić information content (AvgIpc) is 3.20. The van der Waals surface area contributed by atoms with E-state index in [1.807, 2.05) is 13.8 Å². The number of rotatable bonds is 2. The van der Waals surface area contributed by atoms with Crippen LogP contribution in [0, 0.1) is 22.7 Å². The molecule has 0 radical (unpaired) electrons. The van der Waals surface area contributed by atoms with Gasteiger partial charge in [0.15, 0.2) is 12.6 Å². The minimum Gasteiger partial charge on any atom is -0.394 e. The molecule has 7 heteroatoms. The van der Waals surface area contributed by atoms with Crippen LogP contribution in [-0.4, -0.2) is 71.6 Å². The van der Waals surface area contributed by atoms with Gasteiger partial charge in [0, 0.05) is 11.3 Å². The Labute approximate surface area is 152 Å². The van der Waals surface area contributed by atoms with Crippen molar-refractivity contribution in [3.8, 4) is 0 Å². The lowest BCUT2D eigenvalue weighted by Gasteiger charge is -2.49. The predicted octanol–water partition coefficient (Wildman–Crippen LogP) is 0.176. The van der Waals surface area contributed by atoms with Crippen LogP contribution in [0.25, 0.3) is 0 Å². The van der Waals surface area contributed by atoms with E-state index in [0.717, 1.165) is 5.57 Å². The van der Waals surface area contributed by atoms with Gasteiger partial charge in [0.25, 0.3) is 0 Å². The van der Waals surface area contributed by atoms with Crippen molar-refractivity contribution < 1.29 is 34.3 Å². The minimum absolute atomic E-state index is 0.0472. The molecule has 5 aliphatic rings. The Morgan fingerprint density at radius 2 is 2.00 bits per heavy atom. The fourth-order valence-electron chi connectivity index (χ4n) is 7.24. The van der Waals surface area contributed by atoms with Gasteiger partial charge >= 0.3 is 0 Å². The third-order valence-corrected chi connectivity index (χ3v) is 8.02. The van der Waals surface area contributed by atoms with Crippen molar-refractivity contribution in [2.75, 3.05) is 19.8 Å². The van der Waals surface area contributed by atoms with Crippen LogP contribution in [0.15, 0.2) is 12.2 Å². The number of hydrogen-bond acceptors (Lipinski definition) is 7. The number of allylic oxidation sites excluding steroid dienone is 1. The molecule has 0 aromatic carbocycles. The standard InChI is InChI=1S/C19H28O7/c1-9(2)12-4-14-17-5-11(6-20)23-7-10(3)19(17,15(22)25-14)26-16-18(12,17)13(21)8-24-16/h10-16,20-22H,1,4-8H2,2-3H3/t10-,11?,12+,13+,14?,15?,16?,17?,18?,19+/m1/s1. The summed E-state index contributed by atoms with van der Waals surface area (Å²) in [6.07, 6.45) is -2.09. The first kappa shape index (κ1) is 17.6. The molecule has 7 nitrogen and oxygen atoms in total. The lowest BCUT2D eigenvalue weighted by Crippen LogP contribution is -2.61. The van der Waals surface area contributed by atoms with Crippen LogP contribution in [0.1, 0.15) is 26.7 Å². The van der Waals surface area contributed by atoms with Gasteiger partial charge in [0.2, 0.25) is 0 Å². The normalized spacial score (nSPS) is 60.4. The third kappa shape index (κ3) is 1.55. The topological polar surface area (TPSA) is 97.6 Å². The zero-order valence-corrected chi connectivity index (χ0v) is 15.3. The first-order chi connectivity index (χ1) is 12.4. The Hall–Kier alpha value is -0.540. The molecule has 5 fully saturated rings.